The Morgan fingerprint density at radius 1 is 1.22 bits per heavy atom. The Morgan fingerprint density at radius 3 is 2.17 bits per heavy atom. The molecule has 0 amide bonds. The largest absolute Gasteiger partial charge is 0.427 e. The van der Waals surface area contributed by atoms with E-state index in [0.29, 0.717) is 17.9 Å². The zero-order valence-corrected chi connectivity index (χ0v) is 14.0. The predicted octanol–water partition coefficient (Wildman–Crippen LogP) is 0.885. The quantitative estimate of drug-likeness (QED) is 0.437. The van der Waals surface area contributed by atoms with Gasteiger partial charge in [-0.3, -0.25) is 0 Å². The van der Waals surface area contributed by atoms with Crippen molar-refractivity contribution in [1.29, 1.82) is 0 Å². The van der Waals surface area contributed by atoms with Gasteiger partial charge >= 0.3 is 0 Å². The summed E-state index contributed by atoms with van der Waals surface area (Å²) < 4.78 is 16.3. The molecule has 2 fully saturated rings. The van der Waals surface area contributed by atoms with Crippen LogP contribution in [0.2, 0.25) is 0 Å². The maximum atomic E-state index is 5.54. The molecule has 0 aromatic rings. The molecule has 0 aromatic heterocycles. The van der Waals surface area contributed by atoms with Crippen molar-refractivity contribution < 1.29 is 13.9 Å². The van der Waals surface area contributed by atoms with Crippen molar-refractivity contribution in [3.63, 3.8) is 0 Å². The lowest BCUT2D eigenvalue weighted by molar-refractivity contribution is 0.0895. The lowest BCUT2D eigenvalue weighted by atomic mass is 9.79. The van der Waals surface area contributed by atoms with E-state index < -0.39 is 0 Å². The summed E-state index contributed by atoms with van der Waals surface area (Å²) in [7, 11) is 0.848. The van der Waals surface area contributed by atoms with Crippen molar-refractivity contribution in [1.82, 2.24) is 4.90 Å². The first-order valence-corrected chi connectivity index (χ1v) is 8.04. The summed E-state index contributed by atoms with van der Waals surface area (Å²) in [5.74, 6) is 0. The van der Waals surface area contributed by atoms with E-state index in [9.17, 15) is 0 Å². The van der Waals surface area contributed by atoms with E-state index in [1.165, 1.54) is 25.7 Å². The van der Waals surface area contributed by atoms with Crippen molar-refractivity contribution in [2.45, 2.75) is 52.0 Å². The number of epoxide rings is 2. The van der Waals surface area contributed by atoms with Gasteiger partial charge in [-0.25, -0.2) is 4.90 Å². The van der Waals surface area contributed by atoms with Crippen molar-refractivity contribution in [3.8, 4) is 0 Å². The first-order chi connectivity index (χ1) is 8.74. The molecule has 2 saturated heterocycles. The third kappa shape index (κ3) is 3.77. The van der Waals surface area contributed by atoms with Gasteiger partial charge in [0.2, 0.25) is 0 Å². The van der Waals surface area contributed by atoms with Gasteiger partial charge in [0.25, 0.3) is 0 Å². The van der Waals surface area contributed by atoms with Crippen LogP contribution in [0.15, 0.2) is 0 Å². The van der Waals surface area contributed by atoms with Crippen molar-refractivity contribution >= 4 is 10.5 Å². The van der Waals surface area contributed by atoms with Crippen LogP contribution in [0.1, 0.15) is 39.5 Å². The molecular formula is C13H27NO3Si. The van der Waals surface area contributed by atoms with Gasteiger partial charge in [-0.1, -0.05) is 13.8 Å². The fourth-order valence-corrected chi connectivity index (χ4v) is 3.38. The monoisotopic (exact) mass is 273 g/mol. The molecule has 0 saturated carbocycles. The van der Waals surface area contributed by atoms with Crippen LogP contribution < -0.4 is 0 Å². The van der Waals surface area contributed by atoms with Crippen LogP contribution in [0.25, 0.3) is 0 Å². The van der Waals surface area contributed by atoms with Gasteiger partial charge < -0.3 is 13.9 Å². The molecule has 2 heterocycles. The Morgan fingerprint density at radius 2 is 1.78 bits per heavy atom. The average Bonchev–Trinajstić information content (AvgIpc) is 3.27. The van der Waals surface area contributed by atoms with Crippen LogP contribution in [0, 0.1) is 5.41 Å². The second-order valence-electron chi connectivity index (χ2n) is 5.56. The molecular weight excluding hydrogens is 246 g/mol. The summed E-state index contributed by atoms with van der Waals surface area (Å²) in [5.41, 5.74) is 0.391. The van der Waals surface area contributed by atoms with E-state index in [1.807, 2.05) is 0 Å². The fourth-order valence-electron chi connectivity index (χ4n) is 2.77. The first kappa shape index (κ1) is 14.5. The normalized spacial score (nSPS) is 26.8. The maximum absolute atomic E-state index is 5.54. The van der Waals surface area contributed by atoms with Crippen LogP contribution in [-0.2, 0) is 13.9 Å². The summed E-state index contributed by atoms with van der Waals surface area (Å²) in [6, 6.07) is 0. The zero-order valence-electron chi connectivity index (χ0n) is 12.0. The Hall–Kier alpha value is 0.0569. The number of hydrogen-bond acceptors (Lipinski definition) is 4. The highest BCUT2D eigenvalue weighted by atomic mass is 28.2. The molecule has 0 radical (unpaired) electrons. The lowest BCUT2D eigenvalue weighted by Gasteiger charge is -2.32. The van der Waals surface area contributed by atoms with Crippen molar-refractivity contribution in [2.75, 3.05) is 26.4 Å². The molecule has 2 rings (SSSR count). The van der Waals surface area contributed by atoms with E-state index in [1.54, 1.807) is 0 Å². The number of hydrogen-bond donors (Lipinski definition) is 0. The van der Waals surface area contributed by atoms with E-state index in [0.717, 1.165) is 36.9 Å². The number of ether oxygens (including phenoxy) is 2. The summed E-state index contributed by atoms with van der Waals surface area (Å²) in [6.07, 6.45) is 5.57. The molecule has 0 spiro atoms. The Bertz CT molecular complexity index is 241. The standard InChI is InChI=1S/C13H27NO3Si/c1-3-13(4-2,10-17-18)6-5-7-14(11-8-15-11)12-9-16-12/h11-12H,3-10H2,1-2,18H3. The van der Waals surface area contributed by atoms with Gasteiger partial charge in [-0.15, -0.1) is 0 Å². The van der Waals surface area contributed by atoms with Crippen LogP contribution in [0.3, 0.4) is 0 Å². The zero-order chi connectivity index (χ0) is 13.0. The molecule has 18 heavy (non-hydrogen) atoms. The third-order valence-electron chi connectivity index (χ3n) is 4.45. The lowest BCUT2D eigenvalue weighted by Crippen LogP contribution is -2.33. The Balaban J connectivity index is 1.74. The molecule has 0 aromatic carbocycles. The third-order valence-corrected chi connectivity index (χ3v) is 4.73. The Kier molecular flexibility index (Phi) is 5.21. The van der Waals surface area contributed by atoms with Gasteiger partial charge in [0.1, 0.15) is 22.9 Å². The first-order valence-electron chi connectivity index (χ1n) is 7.22. The SMILES string of the molecule is CCC(CC)(CCCN(C1CO1)C1CO1)CO[SiH3]. The highest BCUT2D eigenvalue weighted by Gasteiger charge is 2.41. The molecule has 4 nitrogen and oxygen atoms in total. The van der Waals surface area contributed by atoms with Gasteiger partial charge in [-0.05, 0) is 31.1 Å². The van der Waals surface area contributed by atoms with E-state index in [4.69, 9.17) is 13.9 Å². The minimum Gasteiger partial charge on any atom is -0.427 e. The molecule has 0 bridgehead atoms. The molecule has 5 heteroatoms. The van der Waals surface area contributed by atoms with Gasteiger partial charge in [0, 0.05) is 13.2 Å². The van der Waals surface area contributed by atoms with Gasteiger partial charge in [0.05, 0.1) is 13.2 Å². The maximum Gasteiger partial charge on any atom is 0.145 e. The van der Waals surface area contributed by atoms with Crippen LogP contribution in [0.5, 0.6) is 0 Å². The van der Waals surface area contributed by atoms with E-state index in [-0.39, 0.29) is 0 Å². The predicted molar refractivity (Wildman–Crippen MR) is 74.3 cm³/mol. The number of rotatable bonds is 10. The topological polar surface area (TPSA) is 37.5 Å². The van der Waals surface area contributed by atoms with Gasteiger partial charge in [-0.2, -0.15) is 0 Å². The highest BCUT2D eigenvalue weighted by Crippen LogP contribution is 2.33. The summed E-state index contributed by atoms with van der Waals surface area (Å²) in [4.78, 5) is 2.37. The summed E-state index contributed by atoms with van der Waals surface area (Å²) >= 11 is 0. The van der Waals surface area contributed by atoms with E-state index >= 15 is 0 Å². The molecule has 106 valence electrons. The van der Waals surface area contributed by atoms with Crippen molar-refractivity contribution in [2.24, 2.45) is 5.41 Å². The van der Waals surface area contributed by atoms with Crippen LogP contribution >= 0.6 is 0 Å². The Labute approximate surface area is 114 Å². The second-order valence-corrected chi connectivity index (χ2v) is 6.13. The van der Waals surface area contributed by atoms with Crippen LogP contribution in [-0.4, -0.2) is 54.2 Å². The molecule has 0 aliphatic carbocycles. The minimum atomic E-state index is 0.338. The number of nitrogens with zero attached hydrogens (tertiary/aromatic N) is 1. The van der Waals surface area contributed by atoms with Gasteiger partial charge in [0.15, 0.2) is 0 Å². The summed E-state index contributed by atoms with van der Waals surface area (Å²) in [5, 5.41) is 0. The van der Waals surface area contributed by atoms with Crippen molar-refractivity contribution in [3.05, 3.63) is 0 Å². The minimum absolute atomic E-state index is 0.338. The molecule has 2 aliphatic rings. The summed E-state index contributed by atoms with van der Waals surface area (Å²) in [6.45, 7) is 8.38. The molecule has 2 aliphatic heterocycles. The second kappa shape index (κ2) is 6.48. The molecule has 2 unspecified atom stereocenters. The molecule has 0 N–H and O–H groups in total. The smallest absolute Gasteiger partial charge is 0.145 e. The fraction of sp³-hybridized carbons (Fsp3) is 1.00. The highest BCUT2D eigenvalue weighted by molar-refractivity contribution is 5.97. The molecule has 2 atom stereocenters. The average molecular weight is 273 g/mol. The van der Waals surface area contributed by atoms with E-state index in [2.05, 4.69) is 18.7 Å². The van der Waals surface area contributed by atoms with Crippen LogP contribution in [0.4, 0.5) is 0 Å².